The second kappa shape index (κ2) is 4.92. The van der Waals surface area contributed by atoms with Crippen LogP contribution in [-0.2, 0) is 4.79 Å². The summed E-state index contributed by atoms with van der Waals surface area (Å²) < 4.78 is 0. The van der Waals surface area contributed by atoms with Gasteiger partial charge in [0.25, 0.3) is 5.91 Å². The average Bonchev–Trinajstić information content (AvgIpc) is 3.19. The van der Waals surface area contributed by atoms with E-state index < -0.39 is 0 Å². The molecule has 1 aliphatic carbocycles. The molecule has 102 valence electrons. The van der Waals surface area contributed by atoms with Crippen LogP contribution in [0.2, 0.25) is 0 Å². The zero-order valence-corrected chi connectivity index (χ0v) is 11.8. The molecule has 2 fully saturated rings. The number of carbonyl (C=O) groups is 2. The monoisotopic (exact) mass is 279 g/mol. The molecule has 1 aromatic rings. The molecule has 0 unspecified atom stereocenters. The molecule has 1 saturated carbocycles. The highest BCUT2D eigenvalue weighted by Gasteiger charge is 2.35. The SMILES string of the molecule is Cc1nc(C(=O)N2CCN(C(=O)C3CC3)CC2)cs1. The van der Waals surface area contributed by atoms with Crippen molar-refractivity contribution in [2.45, 2.75) is 19.8 Å². The molecule has 2 heterocycles. The van der Waals surface area contributed by atoms with Crippen molar-refractivity contribution < 1.29 is 9.59 Å². The summed E-state index contributed by atoms with van der Waals surface area (Å²) in [5.74, 6) is 0.530. The minimum atomic E-state index is -0.0112. The second-order valence-electron chi connectivity index (χ2n) is 5.14. The molecule has 0 spiro atoms. The van der Waals surface area contributed by atoms with Crippen LogP contribution in [0.3, 0.4) is 0 Å². The number of nitrogens with zero attached hydrogens (tertiary/aromatic N) is 3. The Labute approximate surface area is 116 Å². The van der Waals surface area contributed by atoms with Crippen LogP contribution in [0.1, 0.15) is 28.3 Å². The summed E-state index contributed by atoms with van der Waals surface area (Å²) in [4.78, 5) is 32.0. The van der Waals surface area contributed by atoms with Gasteiger partial charge in [0.1, 0.15) is 5.69 Å². The van der Waals surface area contributed by atoms with E-state index in [0.717, 1.165) is 17.8 Å². The first-order valence-electron chi connectivity index (χ1n) is 6.65. The van der Waals surface area contributed by atoms with Gasteiger partial charge < -0.3 is 9.80 Å². The first kappa shape index (κ1) is 12.6. The molecule has 2 aliphatic rings. The summed E-state index contributed by atoms with van der Waals surface area (Å²) in [6.07, 6.45) is 2.08. The first-order valence-corrected chi connectivity index (χ1v) is 7.53. The van der Waals surface area contributed by atoms with Crippen LogP contribution < -0.4 is 0 Å². The van der Waals surface area contributed by atoms with Crippen LogP contribution in [-0.4, -0.2) is 52.8 Å². The van der Waals surface area contributed by atoms with Gasteiger partial charge in [-0.3, -0.25) is 9.59 Å². The molecular weight excluding hydrogens is 262 g/mol. The molecule has 5 nitrogen and oxygen atoms in total. The third-order valence-electron chi connectivity index (χ3n) is 3.64. The fourth-order valence-electron chi connectivity index (χ4n) is 2.34. The molecule has 1 aromatic heterocycles. The smallest absolute Gasteiger partial charge is 0.273 e. The van der Waals surface area contributed by atoms with Crippen LogP contribution in [0.15, 0.2) is 5.38 Å². The van der Waals surface area contributed by atoms with Crippen LogP contribution in [0.25, 0.3) is 0 Å². The van der Waals surface area contributed by atoms with E-state index in [2.05, 4.69) is 4.98 Å². The number of aromatic nitrogens is 1. The van der Waals surface area contributed by atoms with Gasteiger partial charge in [0.15, 0.2) is 0 Å². The summed E-state index contributed by atoms with van der Waals surface area (Å²) >= 11 is 1.49. The van der Waals surface area contributed by atoms with Gasteiger partial charge in [0, 0.05) is 37.5 Å². The van der Waals surface area contributed by atoms with Crippen molar-refractivity contribution in [3.05, 3.63) is 16.1 Å². The Balaban J connectivity index is 1.57. The van der Waals surface area contributed by atoms with E-state index in [1.54, 1.807) is 10.3 Å². The number of carbonyl (C=O) groups excluding carboxylic acids is 2. The summed E-state index contributed by atoms with van der Waals surface area (Å²) in [6.45, 7) is 4.45. The largest absolute Gasteiger partial charge is 0.339 e. The number of aryl methyl sites for hydroxylation is 1. The van der Waals surface area contributed by atoms with Gasteiger partial charge in [0.05, 0.1) is 5.01 Å². The van der Waals surface area contributed by atoms with E-state index >= 15 is 0 Å². The van der Waals surface area contributed by atoms with E-state index in [9.17, 15) is 9.59 Å². The van der Waals surface area contributed by atoms with Gasteiger partial charge in [-0.2, -0.15) is 0 Å². The van der Waals surface area contributed by atoms with Crippen molar-refractivity contribution in [3.63, 3.8) is 0 Å². The van der Waals surface area contributed by atoms with Crippen molar-refractivity contribution in [2.24, 2.45) is 5.92 Å². The molecule has 1 saturated heterocycles. The number of rotatable bonds is 2. The van der Waals surface area contributed by atoms with Gasteiger partial charge >= 0.3 is 0 Å². The van der Waals surface area contributed by atoms with Gasteiger partial charge in [-0.15, -0.1) is 11.3 Å². The summed E-state index contributed by atoms with van der Waals surface area (Å²) in [5, 5.41) is 2.71. The molecule has 0 radical (unpaired) electrons. The van der Waals surface area contributed by atoms with Crippen LogP contribution >= 0.6 is 11.3 Å². The highest BCUT2D eigenvalue weighted by molar-refractivity contribution is 7.09. The molecule has 6 heteroatoms. The van der Waals surface area contributed by atoms with Crippen molar-refractivity contribution in [3.8, 4) is 0 Å². The van der Waals surface area contributed by atoms with Gasteiger partial charge in [-0.05, 0) is 19.8 Å². The Morgan fingerprint density at radius 2 is 1.84 bits per heavy atom. The Kier molecular flexibility index (Phi) is 3.26. The Morgan fingerprint density at radius 1 is 1.21 bits per heavy atom. The van der Waals surface area contributed by atoms with Crippen molar-refractivity contribution in [1.82, 2.24) is 14.8 Å². The molecule has 0 bridgehead atoms. The van der Waals surface area contributed by atoms with Crippen LogP contribution in [0.5, 0.6) is 0 Å². The lowest BCUT2D eigenvalue weighted by Gasteiger charge is -2.34. The first-order chi connectivity index (χ1) is 9.15. The molecule has 0 aromatic carbocycles. The minimum Gasteiger partial charge on any atom is -0.339 e. The molecule has 0 N–H and O–H groups in total. The van der Waals surface area contributed by atoms with E-state index in [1.807, 2.05) is 11.8 Å². The van der Waals surface area contributed by atoms with Crippen molar-refractivity contribution >= 4 is 23.2 Å². The minimum absolute atomic E-state index is 0.0112. The van der Waals surface area contributed by atoms with E-state index in [1.165, 1.54) is 11.3 Å². The average molecular weight is 279 g/mol. The van der Waals surface area contributed by atoms with Crippen molar-refractivity contribution in [2.75, 3.05) is 26.2 Å². The molecule has 0 atom stereocenters. The number of amides is 2. The summed E-state index contributed by atoms with van der Waals surface area (Å²) in [7, 11) is 0. The van der Waals surface area contributed by atoms with Gasteiger partial charge in [0.2, 0.25) is 5.91 Å². The zero-order chi connectivity index (χ0) is 13.4. The third-order valence-corrected chi connectivity index (χ3v) is 4.42. The topological polar surface area (TPSA) is 53.5 Å². The Morgan fingerprint density at radius 3 is 2.37 bits per heavy atom. The maximum Gasteiger partial charge on any atom is 0.273 e. The van der Waals surface area contributed by atoms with E-state index in [0.29, 0.717) is 31.9 Å². The van der Waals surface area contributed by atoms with Crippen molar-refractivity contribution in [1.29, 1.82) is 0 Å². The number of piperazine rings is 1. The normalized spacial score (nSPS) is 19.6. The molecular formula is C13H17N3O2S. The zero-order valence-electron chi connectivity index (χ0n) is 11.0. The lowest BCUT2D eigenvalue weighted by atomic mass is 10.2. The molecule has 2 amide bonds. The quantitative estimate of drug-likeness (QED) is 0.816. The Bertz CT molecular complexity index is 502. The maximum atomic E-state index is 12.2. The van der Waals surface area contributed by atoms with Gasteiger partial charge in [-0.1, -0.05) is 0 Å². The van der Waals surface area contributed by atoms with Gasteiger partial charge in [-0.25, -0.2) is 4.98 Å². The van der Waals surface area contributed by atoms with E-state index in [-0.39, 0.29) is 17.7 Å². The van der Waals surface area contributed by atoms with E-state index in [4.69, 9.17) is 0 Å². The molecule has 3 rings (SSSR count). The lowest BCUT2D eigenvalue weighted by Crippen LogP contribution is -2.51. The summed E-state index contributed by atoms with van der Waals surface area (Å²) in [6, 6.07) is 0. The standard InChI is InChI=1S/C13H17N3O2S/c1-9-14-11(8-19-9)13(18)16-6-4-15(5-7-16)12(17)10-2-3-10/h8,10H,2-7H2,1H3. The molecule has 19 heavy (non-hydrogen) atoms. The maximum absolute atomic E-state index is 12.2. The Hall–Kier alpha value is -1.43. The lowest BCUT2D eigenvalue weighted by molar-refractivity contribution is -0.134. The molecule has 1 aliphatic heterocycles. The summed E-state index contributed by atoms with van der Waals surface area (Å²) in [5.41, 5.74) is 0.532. The fraction of sp³-hybridized carbons (Fsp3) is 0.615. The fourth-order valence-corrected chi connectivity index (χ4v) is 2.93. The third kappa shape index (κ3) is 2.63. The van der Waals surface area contributed by atoms with Crippen LogP contribution in [0.4, 0.5) is 0 Å². The van der Waals surface area contributed by atoms with Crippen LogP contribution in [0, 0.1) is 12.8 Å². The second-order valence-corrected chi connectivity index (χ2v) is 6.21. The predicted octanol–water partition coefficient (Wildman–Crippen LogP) is 1.15. The highest BCUT2D eigenvalue weighted by Crippen LogP contribution is 2.31. The number of thiazole rings is 1. The predicted molar refractivity (Wildman–Crippen MR) is 72.1 cm³/mol. The highest BCUT2D eigenvalue weighted by atomic mass is 32.1. The number of hydrogen-bond acceptors (Lipinski definition) is 4. The number of hydrogen-bond donors (Lipinski definition) is 0.